The minimum atomic E-state index is -1.07. The highest BCUT2D eigenvalue weighted by atomic mass is 16.4. The van der Waals surface area contributed by atoms with Gasteiger partial charge in [0.05, 0.1) is 10.9 Å². The van der Waals surface area contributed by atoms with E-state index in [4.69, 9.17) is 9.52 Å². The molecule has 104 valence electrons. The molecule has 3 rings (SSSR count). The van der Waals surface area contributed by atoms with Gasteiger partial charge in [-0.05, 0) is 30.0 Å². The molecule has 5 heteroatoms. The molecule has 1 aromatic heterocycles. The van der Waals surface area contributed by atoms with Crippen LogP contribution in [0.5, 0.6) is 5.75 Å². The fourth-order valence-electron chi connectivity index (χ4n) is 2.08. The molecule has 0 aliphatic carbocycles. The zero-order valence-corrected chi connectivity index (χ0v) is 10.7. The van der Waals surface area contributed by atoms with Gasteiger partial charge in [-0.3, -0.25) is 4.79 Å². The molecule has 0 aliphatic heterocycles. The normalized spacial score (nSPS) is 10.7. The highest BCUT2D eigenvalue weighted by molar-refractivity contribution is 5.88. The van der Waals surface area contributed by atoms with Gasteiger partial charge in [0.2, 0.25) is 0 Å². The zero-order valence-electron chi connectivity index (χ0n) is 10.7. The van der Waals surface area contributed by atoms with Gasteiger partial charge < -0.3 is 14.6 Å². The number of benzene rings is 2. The largest absolute Gasteiger partial charge is 0.867 e. The Morgan fingerprint density at radius 2 is 1.71 bits per heavy atom. The summed E-state index contributed by atoms with van der Waals surface area (Å²) in [5.41, 5.74) is 0.149. The molecule has 0 radical (unpaired) electrons. The lowest BCUT2D eigenvalue weighted by molar-refractivity contribution is -0.270. The summed E-state index contributed by atoms with van der Waals surface area (Å²) in [6.45, 7) is 0. The van der Waals surface area contributed by atoms with Gasteiger partial charge in [0.15, 0.2) is 5.43 Å². The first-order chi connectivity index (χ1) is 10.1. The van der Waals surface area contributed by atoms with Gasteiger partial charge in [0, 0.05) is 5.56 Å². The lowest BCUT2D eigenvalue weighted by atomic mass is 10.1. The summed E-state index contributed by atoms with van der Waals surface area (Å²) in [7, 11) is 0. The van der Waals surface area contributed by atoms with Crippen LogP contribution in [0.4, 0.5) is 0 Å². The zero-order chi connectivity index (χ0) is 15.0. The van der Waals surface area contributed by atoms with Crippen LogP contribution in [0.3, 0.4) is 0 Å². The number of hydrogen-bond donors (Lipinski definition) is 1. The lowest BCUT2D eigenvalue weighted by Gasteiger charge is -2.12. The highest BCUT2D eigenvalue weighted by Gasteiger charge is 2.10. The Bertz CT molecular complexity index is 891. The highest BCUT2D eigenvalue weighted by Crippen LogP contribution is 2.28. The van der Waals surface area contributed by atoms with E-state index in [1.807, 2.05) is 0 Å². The third-order valence-corrected chi connectivity index (χ3v) is 3.15. The second-order valence-corrected chi connectivity index (χ2v) is 4.47. The van der Waals surface area contributed by atoms with Crippen LogP contribution < -0.4 is 10.5 Å². The molecule has 1 N–H and O–H groups in total. The Labute approximate surface area is 118 Å². The van der Waals surface area contributed by atoms with Crippen LogP contribution in [-0.4, -0.2) is 11.1 Å². The van der Waals surface area contributed by atoms with E-state index in [0.717, 1.165) is 0 Å². The monoisotopic (exact) mass is 281 g/mol. The molecule has 0 unspecified atom stereocenters. The van der Waals surface area contributed by atoms with Gasteiger partial charge in [0.1, 0.15) is 11.3 Å². The van der Waals surface area contributed by atoms with Crippen LogP contribution in [0.2, 0.25) is 0 Å². The van der Waals surface area contributed by atoms with Crippen LogP contribution in [0.15, 0.2) is 57.7 Å². The molecule has 0 bridgehead atoms. The minimum Gasteiger partial charge on any atom is -0.867 e. The van der Waals surface area contributed by atoms with Crippen LogP contribution in [0.1, 0.15) is 10.4 Å². The molecule has 3 aromatic rings. The first-order valence-electron chi connectivity index (χ1n) is 6.14. The van der Waals surface area contributed by atoms with Crippen molar-refractivity contribution >= 4 is 16.9 Å². The Morgan fingerprint density at radius 3 is 2.38 bits per heavy atom. The fraction of sp³-hybridized carbons (Fsp3) is 0. The summed E-state index contributed by atoms with van der Waals surface area (Å²) in [5.74, 6) is -1.89. The van der Waals surface area contributed by atoms with E-state index in [1.54, 1.807) is 18.2 Å². The van der Waals surface area contributed by atoms with Gasteiger partial charge in [-0.15, -0.1) is 0 Å². The van der Waals surface area contributed by atoms with Crippen molar-refractivity contribution < 1.29 is 19.4 Å². The van der Waals surface area contributed by atoms with Crippen molar-refractivity contribution in [3.63, 3.8) is 0 Å². The number of para-hydroxylation sites is 1. The van der Waals surface area contributed by atoms with Crippen molar-refractivity contribution in [3.05, 3.63) is 64.3 Å². The van der Waals surface area contributed by atoms with Gasteiger partial charge in [-0.1, -0.05) is 24.3 Å². The standard InChI is InChI=1S/C16H10O5/c17-13-11-3-1-2-4-12(11)21-15(14(13)18)9-5-7-10(8-6-9)16(19)20/h1-8,18H,(H,19,20)/p-1. The number of carboxylic acid groups (broad SMARTS) is 1. The van der Waals surface area contributed by atoms with E-state index in [-0.39, 0.29) is 16.7 Å². The Kier molecular flexibility index (Phi) is 2.95. The molecule has 0 spiro atoms. The number of fused-ring (bicyclic) bond motifs is 1. The minimum absolute atomic E-state index is 0.0874. The molecule has 0 aliphatic rings. The number of carboxylic acids is 1. The van der Waals surface area contributed by atoms with E-state index in [0.29, 0.717) is 11.1 Å². The molecule has 21 heavy (non-hydrogen) atoms. The summed E-state index contributed by atoms with van der Waals surface area (Å²) in [6.07, 6.45) is 0. The van der Waals surface area contributed by atoms with E-state index >= 15 is 0 Å². The second kappa shape index (κ2) is 4.79. The van der Waals surface area contributed by atoms with Crippen LogP contribution in [0.25, 0.3) is 22.3 Å². The number of carbonyl (C=O) groups is 1. The number of aromatic carboxylic acids is 1. The van der Waals surface area contributed by atoms with Crippen molar-refractivity contribution in [2.75, 3.05) is 0 Å². The van der Waals surface area contributed by atoms with E-state index in [1.165, 1.54) is 30.3 Å². The molecule has 1 heterocycles. The summed E-state index contributed by atoms with van der Waals surface area (Å²) >= 11 is 0. The van der Waals surface area contributed by atoms with Crippen molar-refractivity contribution in [2.24, 2.45) is 0 Å². The predicted molar refractivity (Wildman–Crippen MR) is 74.3 cm³/mol. The van der Waals surface area contributed by atoms with Gasteiger partial charge >= 0.3 is 5.97 Å². The Balaban J connectivity index is 2.22. The maximum absolute atomic E-state index is 12.1. The van der Waals surface area contributed by atoms with E-state index in [2.05, 4.69) is 0 Å². The first kappa shape index (κ1) is 12.9. The number of hydrogen-bond acceptors (Lipinski definition) is 4. The summed E-state index contributed by atoms with van der Waals surface area (Å²) in [6, 6.07) is 12.1. The molecule has 0 atom stereocenters. The van der Waals surface area contributed by atoms with Crippen molar-refractivity contribution in [1.29, 1.82) is 0 Å². The Morgan fingerprint density at radius 1 is 1.05 bits per heavy atom. The smallest absolute Gasteiger partial charge is 0.335 e. The molecule has 0 amide bonds. The van der Waals surface area contributed by atoms with Gasteiger partial charge in [-0.25, -0.2) is 4.79 Å². The van der Waals surface area contributed by atoms with Crippen LogP contribution in [-0.2, 0) is 0 Å². The fourth-order valence-corrected chi connectivity index (χ4v) is 2.08. The van der Waals surface area contributed by atoms with Crippen molar-refractivity contribution in [1.82, 2.24) is 0 Å². The van der Waals surface area contributed by atoms with Crippen molar-refractivity contribution in [2.45, 2.75) is 0 Å². The molecule has 5 nitrogen and oxygen atoms in total. The maximum Gasteiger partial charge on any atom is 0.335 e. The summed E-state index contributed by atoms with van der Waals surface area (Å²) < 4.78 is 5.50. The van der Waals surface area contributed by atoms with Crippen LogP contribution in [0, 0.1) is 0 Å². The van der Waals surface area contributed by atoms with E-state index in [9.17, 15) is 14.7 Å². The van der Waals surface area contributed by atoms with Gasteiger partial charge in [-0.2, -0.15) is 0 Å². The Hall–Kier alpha value is -3.08. The summed E-state index contributed by atoms with van der Waals surface area (Å²) in [5, 5.41) is 21.2. The third kappa shape index (κ3) is 2.14. The molecule has 2 aromatic carbocycles. The summed E-state index contributed by atoms with van der Waals surface area (Å²) in [4.78, 5) is 22.8. The number of rotatable bonds is 2. The molecule has 0 saturated heterocycles. The second-order valence-electron chi connectivity index (χ2n) is 4.47. The van der Waals surface area contributed by atoms with Crippen LogP contribution >= 0.6 is 0 Å². The average Bonchev–Trinajstić information content (AvgIpc) is 2.51. The third-order valence-electron chi connectivity index (χ3n) is 3.15. The molecular formula is C16H9O5-. The average molecular weight is 281 g/mol. The van der Waals surface area contributed by atoms with Gasteiger partial charge in [0.25, 0.3) is 0 Å². The van der Waals surface area contributed by atoms with Crippen molar-refractivity contribution in [3.8, 4) is 17.1 Å². The topological polar surface area (TPSA) is 90.6 Å². The first-order valence-corrected chi connectivity index (χ1v) is 6.14. The quantitative estimate of drug-likeness (QED) is 0.777. The molecule has 0 saturated carbocycles. The molecule has 0 fully saturated rings. The predicted octanol–water partition coefficient (Wildman–Crippen LogP) is 2.23. The SMILES string of the molecule is O=C(O)c1ccc(-c2oc3ccccc3c(=O)c2[O-])cc1. The maximum atomic E-state index is 12.1. The lowest BCUT2D eigenvalue weighted by Crippen LogP contribution is -2.11. The molecular weight excluding hydrogens is 272 g/mol. The van der Waals surface area contributed by atoms with E-state index < -0.39 is 17.1 Å².